The molecule has 6 nitrogen and oxygen atoms in total. The van der Waals surface area contributed by atoms with Crippen molar-refractivity contribution in [2.75, 3.05) is 6.61 Å². The van der Waals surface area contributed by atoms with Crippen LogP contribution in [0.15, 0.2) is 60.7 Å². The van der Waals surface area contributed by atoms with Gasteiger partial charge in [-0.25, -0.2) is 9.78 Å². The van der Waals surface area contributed by atoms with Crippen molar-refractivity contribution in [2.24, 2.45) is 0 Å². The second-order valence-electron chi connectivity index (χ2n) is 6.51. The number of aromatic nitrogens is 1. The predicted octanol–water partition coefficient (Wildman–Crippen LogP) is 3.36. The number of benzene rings is 2. The molecule has 0 radical (unpaired) electrons. The largest absolute Gasteiger partial charge is 0.452 e. The highest BCUT2D eigenvalue weighted by atomic mass is 35.5. The highest BCUT2D eigenvalue weighted by Crippen LogP contribution is 2.21. The Balaban J connectivity index is 1.64. The lowest BCUT2D eigenvalue weighted by molar-refractivity contribution is -0.128. The summed E-state index contributed by atoms with van der Waals surface area (Å²) in [5.74, 6) is -1.43. The Hall–Kier alpha value is -3.25. The Morgan fingerprint density at radius 1 is 1.07 bits per heavy atom. The summed E-state index contributed by atoms with van der Waals surface area (Å²) in [6.45, 7) is 0.899. The van der Waals surface area contributed by atoms with Crippen molar-refractivity contribution >= 4 is 40.2 Å². The Bertz CT molecular complexity index is 1050. The van der Waals surface area contributed by atoms with Crippen molar-refractivity contribution in [3.8, 4) is 0 Å². The maximum atomic E-state index is 12.5. The molecule has 1 heterocycles. The number of carbonyl (C=O) groups excluding carboxylic acids is 3. The number of rotatable bonds is 7. The van der Waals surface area contributed by atoms with E-state index in [1.165, 1.54) is 13.0 Å². The van der Waals surface area contributed by atoms with Gasteiger partial charge in [0.1, 0.15) is 5.15 Å². The number of nitrogens with one attached hydrogen (secondary N) is 1. The average molecular weight is 411 g/mol. The molecule has 1 N–H and O–H groups in total. The molecule has 1 atom stereocenters. The number of fused-ring (bicyclic) bond motifs is 1. The minimum absolute atomic E-state index is 0.152. The number of hydrogen-bond acceptors (Lipinski definition) is 5. The van der Waals surface area contributed by atoms with Gasteiger partial charge < -0.3 is 10.1 Å². The summed E-state index contributed by atoms with van der Waals surface area (Å²) in [6.07, 6.45) is 0.362. The van der Waals surface area contributed by atoms with Gasteiger partial charge in [0.05, 0.1) is 17.1 Å². The van der Waals surface area contributed by atoms with Gasteiger partial charge in [0, 0.05) is 5.39 Å². The third kappa shape index (κ3) is 5.39. The van der Waals surface area contributed by atoms with Gasteiger partial charge in [-0.2, -0.15) is 0 Å². The summed E-state index contributed by atoms with van der Waals surface area (Å²) in [4.78, 5) is 40.7. The monoisotopic (exact) mass is 410 g/mol. The maximum Gasteiger partial charge on any atom is 0.339 e. The lowest BCUT2D eigenvalue weighted by Crippen LogP contribution is -2.43. The van der Waals surface area contributed by atoms with E-state index in [0.717, 1.165) is 5.56 Å². The van der Waals surface area contributed by atoms with E-state index in [1.54, 1.807) is 24.3 Å². The number of ether oxygens (including phenoxy) is 1. The highest BCUT2D eigenvalue weighted by Gasteiger charge is 2.20. The molecule has 0 bridgehead atoms. The first-order chi connectivity index (χ1) is 13.9. The molecule has 0 aliphatic heterocycles. The van der Waals surface area contributed by atoms with E-state index in [9.17, 15) is 14.4 Å². The number of carbonyl (C=O) groups is 3. The summed E-state index contributed by atoms with van der Waals surface area (Å²) in [7, 11) is 0. The van der Waals surface area contributed by atoms with E-state index < -0.39 is 24.5 Å². The smallest absolute Gasteiger partial charge is 0.339 e. The molecule has 1 amide bonds. The molecule has 29 heavy (non-hydrogen) atoms. The molecular weight excluding hydrogens is 392 g/mol. The zero-order valence-corrected chi connectivity index (χ0v) is 16.5. The third-order valence-electron chi connectivity index (χ3n) is 4.35. The number of esters is 1. The second kappa shape index (κ2) is 9.30. The molecule has 3 aromatic rings. The van der Waals surface area contributed by atoms with E-state index in [0.29, 0.717) is 17.3 Å². The van der Waals surface area contributed by atoms with Gasteiger partial charge in [-0.15, -0.1) is 0 Å². The Morgan fingerprint density at radius 3 is 2.48 bits per heavy atom. The predicted molar refractivity (Wildman–Crippen MR) is 110 cm³/mol. The van der Waals surface area contributed by atoms with Crippen LogP contribution < -0.4 is 5.32 Å². The zero-order valence-electron chi connectivity index (χ0n) is 15.7. The normalized spacial score (nSPS) is 11.7. The number of halogens is 1. The molecule has 0 unspecified atom stereocenters. The fourth-order valence-electron chi connectivity index (χ4n) is 2.90. The minimum Gasteiger partial charge on any atom is -0.452 e. The van der Waals surface area contributed by atoms with Crippen molar-refractivity contribution in [3.63, 3.8) is 0 Å². The van der Waals surface area contributed by atoms with Crippen LogP contribution in [0.5, 0.6) is 0 Å². The summed E-state index contributed by atoms with van der Waals surface area (Å²) in [5.41, 5.74) is 1.69. The summed E-state index contributed by atoms with van der Waals surface area (Å²) < 4.78 is 5.14. The summed E-state index contributed by atoms with van der Waals surface area (Å²) >= 11 is 5.98. The van der Waals surface area contributed by atoms with Gasteiger partial charge in [-0.3, -0.25) is 9.59 Å². The first kappa shape index (κ1) is 20.5. The van der Waals surface area contributed by atoms with Crippen LogP contribution in [0.25, 0.3) is 10.9 Å². The van der Waals surface area contributed by atoms with Crippen molar-refractivity contribution < 1.29 is 19.1 Å². The lowest BCUT2D eigenvalue weighted by Gasteiger charge is -2.16. The zero-order chi connectivity index (χ0) is 20.8. The highest BCUT2D eigenvalue weighted by molar-refractivity contribution is 6.30. The second-order valence-corrected chi connectivity index (χ2v) is 6.89. The number of hydrogen-bond donors (Lipinski definition) is 1. The van der Waals surface area contributed by atoms with E-state index in [1.807, 2.05) is 30.3 Å². The number of ketones is 1. The minimum atomic E-state index is -0.695. The quantitative estimate of drug-likeness (QED) is 0.477. The molecule has 0 saturated heterocycles. The Morgan fingerprint density at radius 2 is 1.76 bits per heavy atom. The molecule has 3 rings (SSSR count). The molecule has 0 aliphatic rings. The maximum absolute atomic E-state index is 12.5. The van der Waals surface area contributed by atoms with Crippen LogP contribution >= 0.6 is 11.6 Å². The van der Waals surface area contributed by atoms with Crippen LogP contribution in [0.4, 0.5) is 0 Å². The first-order valence-electron chi connectivity index (χ1n) is 9.00. The molecule has 0 saturated carbocycles. The van der Waals surface area contributed by atoms with E-state index >= 15 is 0 Å². The van der Waals surface area contributed by atoms with Crippen molar-refractivity contribution in [2.45, 2.75) is 19.4 Å². The Kier molecular flexibility index (Phi) is 6.57. The lowest BCUT2D eigenvalue weighted by atomic mass is 10.0. The topological polar surface area (TPSA) is 85.4 Å². The molecule has 1 aromatic heterocycles. The fourth-order valence-corrected chi connectivity index (χ4v) is 3.10. The number of Topliss-reactive ketones (excluding diaryl/α,β-unsaturated/α-hetero) is 1. The number of nitrogens with zero attached hydrogens (tertiary/aromatic N) is 1. The van der Waals surface area contributed by atoms with Gasteiger partial charge in [0.2, 0.25) is 0 Å². The molecule has 7 heteroatoms. The van der Waals surface area contributed by atoms with Gasteiger partial charge in [-0.1, -0.05) is 60.1 Å². The molecule has 0 aliphatic carbocycles. The van der Waals surface area contributed by atoms with Crippen molar-refractivity contribution in [1.82, 2.24) is 10.3 Å². The average Bonchev–Trinajstić information content (AvgIpc) is 2.71. The van der Waals surface area contributed by atoms with Crippen LogP contribution in [0, 0.1) is 0 Å². The molecular formula is C22H19ClN2O4. The van der Waals surface area contributed by atoms with Gasteiger partial charge in [-0.05, 0) is 31.0 Å². The van der Waals surface area contributed by atoms with Gasteiger partial charge in [0.15, 0.2) is 12.4 Å². The van der Waals surface area contributed by atoms with E-state index in [4.69, 9.17) is 16.3 Å². The summed E-state index contributed by atoms with van der Waals surface area (Å²) in [5, 5.41) is 3.35. The van der Waals surface area contributed by atoms with Crippen LogP contribution in [-0.2, 0) is 20.7 Å². The van der Waals surface area contributed by atoms with E-state index in [-0.39, 0.29) is 16.5 Å². The molecule has 148 valence electrons. The van der Waals surface area contributed by atoms with E-state index in [2.05, 4.69) is 10.3 Å². The summed E-state index contributed by atoms with van der Waals surface area (Å²) in [6, 6.07) is 17.1. The van der Waals surface area contributed by atoms with Crippen LogP contribution in [-0.4, -0.2) is 35.3 Å². The standard InChI is InChI=1S/C22H19ClN2O4/c1-14(26)19(11-15-7-3-2-4-8-15)25-21(27)13-29-22(28)17-12-20(23)24-18-10-6-5-9-16(17)18/h2-10,12,19H,11,13H2,1H3,(H,25,27)/t19-/m0/s1. The number of para-hydroxylation sites is 1. The van der Waals surface area contributed by atoms with Crippen LogP contribution in [0.1, 0.15) is 22.8 Å². The molecule has 2 aromatic carbocycles. The molecule has 0 spiro atoms. The number of amides is 1. The van der Waals surface area contributed by atoms with Crippen LogP contribution in [0.3, 0.4) is 0 Å². The first-order valence-corrected chi connectivity index (χ1v) is 9.38. The van der Waals surface area contributed by atoms with Crippen molar-refractivity contribution in [3.05, 3.63) is 76.9 Å². The molecule has 0 fully saturated rings. The van der Waals surface area contributed by atoms with Crippen molar-refractivity contribution in [1.29, 1.82) is 0 Å². The van der Waals surface area contributed by atoms with Crippen LogP contribution in [0.2, 0.25) is 5.15 Å². The van der Waals surface area contributed by atoms with Gasteiger partial charge >= 0.3 is 5.97 Å². The number of pyridine rings is 1. The third-order valence-corrected chi connectivity index (χ3v) is 4.54. The fraction of sp³-hybridized carbons (Fsp3) is 0.182. The Labute approximate surface area is 172 Å². The van der Waals surface area contributed by atoms with Gasteiger partial charge in [0.25, 0.3) is 5.91 Å². The SMILES string of the molecule is CC(=O)[C@H](Cc1ccccc1)NC(=O)COC(=O)c1cc(Cl)nc2ccccc12.